The fourth-order valence-corrected chi connectivity index (χ4v) is 13.8. The Balaban J connectivity index is 1.06. The van der Waals surface area contributed by atoms with E-state index < -0.39 is 0 Å². The summed E-state index contributed by atoms with van der Waals surface area (Å²) >= 11 is 15.6. The summed E-state index contributed by atoms with van der Waals surface area (Å²) in [5.74, 6) is 2.47. The Labute approximate surface area is 295 Å². The summed E-state index contributed by atoms with van der Waals surface area (Å²) in [5, 5.41) is 0. The first-order chi connectivity index (χ1) is 21.7. The molecule has 6 heterocycles. The van der Waals surface area contributed by atoms with E-state index in [-0.39, 0.29) is 0 Å². The second kappa shape index (κ2) is 16.6. The average Bonchev–Trinajstić information content (AvgIpc) is 3.88. The topological polar surface area (TPSA) is 0 Å². The van der Waals surface area contributed by atoms with E-state index in [0.717, 1.165) is 0 Å². The van der Waals surface area contributed by atoms with Crippen molar-refractivity contribution in [3.63, 3.8) is 0 Å². The van der Waals surface area contributed by atoms with Crippen molar-refractivity contribution in [2.24, 2.45) is 0 Å². The number of thiophene rings is 6. The van der Waals surface area contributed by atoms with E-state index in [1.165, 1.54) is 120 Å². The zero-order chi connectivity index (χ0) is 30.1. The molecule has 8 heteroatoms. The van der Waals surface area contributed by atoms with Crippen LogP contribution in [0.25, 0.3) is 48.8 Å². The Morgan fingerprint density at radius 1 is 0.341 bits per heavy atom. The molecule has 0 spiro atoms. The van der Waals surface area contributed by atoms with Crippen LogP contribution in [-0.4, -0.2) is 11.5 Å². The molecular weight excluding hydrogens is 689 g/mol. The molecule has 0 nitrogen and oxygen atoms in total. The van der Waals surface area contributed by atoms with Crippen molar-refractivity contribution in [1.29, 1.82) is 0 Å². The van der Waals surface area contributed by atoms with Crippen molar-refractivity contribution in [3.05, 3.63) is 72.8 Å². The van der Waals surface area contributed by atoms with Crippen LogP contribution in [0, 0.1) is 0 Å². The molecule has 0 aliphatic carbocycles. The Bertz CT molecular complexity index is 1590. The second-order valence-electron chi connectivity index (χ2n) is 10.7. The van der Waals surface area contributed by atoms with Gasteiger partial charge in [-0.2, -0.15) is 0 Å². The van der Waals surface area contributed by atoms with E-state index in [1.54, 1.807) is 0 Å². The van der Waals surface area contributed by atoms with Crippen LogP contribution in [0.3, 0.4) is 0 Å². The van der Waals surface area contributed by atoms with Crippen LogP contribution < -0.4 is 0 Å². The highest BCUT2D eigenvalue weighted by molar-refractivity contribution is 8.01. The fraction of sp³-hybridized carbons (Fsp3) is 0.333. The maximum absolute atomic E-state index is 2.31. The highest BCUT2D eigenvalue weighted by Gasteiger charge is 2.14. The predicted octanol–water partition coefficient (Wildman–Crippen LogP) is 15.7. The lowest BCUT2D eigenvalue weighted by molar-refractivity contribution is 0.706. The lowest BCUT2D eigenvalue weighted by Gasteiger charge is -1.98. The van der Waals surface area contributed by atoms with Gasteiger partial charge in [-0.3, -0.25) is 0 Å². The number of hydrogen-bond donors (Lipinski definition) is 0. The summed E-state index contributed by atoms with van der Waals surface area (Å²) in [6.07, 6.45) is 10.7. The third-order valence-electron chi connectivity index (χ3n) is 7.29. The Morgan fingerprint density at radius 2 is 0.614 bits per heavy atom. The molecule has 0 aliphatic heterocycles. The molecule has 0 bridgehead atoms. The molecule has 0 radical (unpaired) electrons. The second-order valence-corrected chi connectivity index (χ2v) is 20.0. The van der Waals surface area contributed by atoms with Crippen molar-refractivity contribution in [2.75, 3.05) is 11.5 Å². The summed E-state index contributed by atoms with van der Waals surface area (Å²) in [6.45, 7) is 4.56. The maximum atomic E-state index is 2.31. The van der Waals surface area contributed by atoms with Gasteiger partial charge in [0.2, 0.25) is 0 Å². The van der Waals surface area contributed by atoms with Gasteiger partial charge in [0.1, 0.15) is 0 Å². The lowest BCUT2D eigenvalue weighted by Crippen LogP contribution is -1.78. The molecule has 0 fully saturated rings. The van der Waals surface area contributed by atoms with E-state index in [9.17, 15) is 0 Å². The molecule has 6 rings (SSSR count). The number of unbranched alkanes of at least 4 members (excludes halogenated alkanes) is 6. The van der Waals surface area contributed by atoms with Crippen LogP contribution in [-0.2, 0) is 0 Å². The average molecular weight is 727 g/mol. The number of thioether (sulfide) groups is 2. The summed E-state index contributed by atoms with van der Waals surface area (Å²) in [6, 6.07) is 27.7. The Kier molecular flexibility index (Phi) is 12.4. The lowest BCUT2D eigenvalue weighted by atomic mass is 10.2. The minimum absolute atomic E-state index is 1.24. The van der Waals surface area contributed by atoms with Crippen LogP contribution >= 0.6 is 91.5 Å². The highest BCUT2D eigenvalue weighted by Crippen LogP contribution is 2.46. The third-order valence-corrected chi connectivity index (χ3v) is 17.4. The molecule has 6 aromatic heterocycles. The van der Waals surface area contributed by atoms with Crippen LogP contribution in [0.1, 0.15) is 65.2 Å². The molecule has 0 aliphatic rings. The molecule has 0 saturated heterocycles. The molecule has 0 aromatic carbocycles. The largest absolute Gasteiger partial charge is 0.134 e. The molecular formula is C36H38S8. The summed E-state index contributed by atoms with van der Waals surface area (Å²) in [7, 11) is 0. The first-order valence-electron chi connectivity index (χ1n) is 15.6. The summed E-state index contributed by atoms with van der Waals surface area (Å²) in [5.41, 5.74) is 0. The summed E-state index contributed by atoms with van der Waals surface area (Å²) < 4.78 is 2.90. The van der Waals surface area contributed by atoms with Gasteiger partial charge < -0.3 is 0 Å². The third kappa shape index (κ3) is 8.62. The quantitative estimate of drug-likeness (QED) is 0.0678. The standard InChI is InChI=1S/C36H38S8/c1-3-5-7-9-23-37-35-21-19-33(43-35)31-17-15-29(41-31)27-13-11-25(39-27)26-12-14-28(40-26)30-16-18-32(42-30)34-20-22-36(44-34)38-24-10-8-6-4-2/h11-22H,3-10,23-24H2,1-2H3. The molecule has 0 atom stereocenters. The fourth-order valence-electron chi connectivity index (χ4n) is 4.87. The number of rotatable bonds is 17. The van der Waals surface area contributed by atoms with Gasteiger partial charge in [0.25, 0.3) is 0 Å². The zero-order valence-electron chi connectivity index (χ0n) is 25.3. The highest BCUT2D eigenvalue weighted by atomic mass is 32.2. The molecule has 6 aromatic rings. The molecule has 0 amide bonds. The Morgan fingerprint density at radius 3 is 0.909 bits per heavy atom. The van der Waals surface area contributed by atoms with Crippen LogP contribution in [0.5, 0.6) is 0 Å². The van der Waals surface area contributed by atoms with Crippen molar-refractivity contribution >= 4 is 91.5 Å². The maximum Gasteiger partial charge on any atom is 0.0605 e. The first kappa shape index (κ1) is 32.8. The van der Waals surface area contributed by atoms with Gasteiger partial charge in [-0.1, -0.05) is 52.4 Å². The van der Waals surface area contributed by atoms with Crippen molar-refractivity contribution < 1.29 is 0 Å². The van der Waals surface area contributed by atoms with Gasteiger partial charge >= 0.3 is 0 Å². The van der Waals surface area contributed by atoms with Crippen molar-refractivity contribution in [3.8, 4) is 48.8 Å². The van der Waals surface area contributed by atoms with Crippen molar-refractivity contribution in [1.82, 2.24) is 0 Å². The van der Waals surface area contributed by atoms with E-state index in [2.05, 4.69) is 86.6 Å². The van der Waals surface area contributed by atoms with Crippen LogP contribution in [0.4, 0.5) is 0 Å². The normalized spacial score (nSPS) is 11.6. The van der Waals surface area contributed by atoms with E-state index in [4.69, 9.17) is 0 Å². The van der Waals surface area contributed by atoms with E-state index in [1.807, 2.05) is 91.5 Å². The van der Waals surface area contributed by atoms with E-state index >= 15 is 0 Å². The smallest absolute Gasteiger partial charge is 0.0605 e. The molecule has 230 valence electrons. The summed E-state index contributed by atoms with van der Waals surface area (Å²) in [4.78, 5) is 13.7. The van der Waals surface area contributed by atoms with Gasteiger partial charge in [-0.05, 0) is 97.1 Å². The minimum atomic E-state index is 1.24. The molecule has 44 heavy (non-hydrogen) atoms. The number of hydrogen-bond acceptors (Lipinski definition) is 8. The van der Waals surface area contributed by atoms with Gasteiger partial charge in [0.15, 0.2) is 0 Å². The predicted molar refractivity (Wildman–Crippen MR) is 211 cm³/mol. The Hall–Kier alpha value is -1.10. The molecule has 0 N–H and O–H groups in total. The monoisotopic (exact) mass is 726 g/mol. The minimum Gasteiger partial charge on any atom is -0.134 e. The molecule has 0 saturated carbocycles. The van der Waals surface area contributed by atoms with Crippen molar-refractivity contribution in [2.45, 2.75) is 73.6 Å². The van der Waals surface area contributed by atoms with Crippen LogP contribution in [0.2, 0.25) is 0 Å². The van der Waals surface area contributed by atoms with Gasteiger partial charge in [0, 0.05) is 48.8 Å². The van der Waals surface area contributed by atoms with Crippen LogP contribution in [0.15, 0.2) is 81.2 Å². The van der Waals surface area contributed by atoms with Gasteiger partial charge in [0.05, 0.1) is 8.42 Å². The first-order valence-corrected chi connectivity index (χ1v) is 22.4. The molecule has 0 unspecified atom stereocenters. The SMILES string of the molecule is CCCCCCSc1ccc(-c2ccc(-c3ccc(-c4ccc(-c5ccc(-c6ccc(SCCCCCC)s6)s5)s4)s3)s2)s1. The van der Waals surface area contributed by atoms with Gasteiger partial charge in [-0.25, -0.2) is 0 Å². The zero-order valence-corrected chi connectivity index (χ0v) is 31.8. The van der Waals surface area contributed by atoms with Gasteiger partial charge in [-0.15, -0.1) is 91.5 Å². The van der Waals surface area contributed by atoms with E-state index in [0.29, 0.717) is 0 Å².